The van der Waals surface area contributed by atoms with Gasteiger partial charge in [-0.25, -0.2) is 0 Å². The van der Waals surface area contributed by atoms with Gasteiger partial charge in [0.05, 0.1) is 5.02 Å². The summed E-state index contributed by atoms with van der Waals surface area (Å²) in [6.45, 7) is 1.74. The van der Waals surface area contributed by atoms with E-state index in [0.29, 0.717) is 0 Å². The number of hydrogen-bond acceptors (Lipinski definition) is 0. The second-order valence-electron chi connectivity index (χ2n) is 1.60. The summed E-state index contributed by atoms with van der Waals surface area (Å²) in [5.41, 5.74) is 0.740. The molecule has 1 aromatic heterocycles. The van der Waals surface area contributed by atoms with Crippen molar-refractivity contribution in [2.75, 3.05) is 0 Å². The van der Waals surface area contributed by atoms with Gasteiger partial charge >= 0.3 is 0 Å². The summed E-state index contributed by atoms with van der Waals surface area (Å²) in [5.74, 6) is -0.454. The second kappa shape index (κ2) is 1.78. The van der Waals surface area contributed by atoms with Crippen molar-refractivity contribution in [3.63, 3.8) is 0 Å². The molecule has 1 aromatic rings. The van der Waals surface area contributed by atoms with E-state index in [1.807, 2.05) is 0 Å². The lowest BCUT2D eigenvalue weighted by Crippen LogP contribution is -1.67. The van der Waals surface area contributed by atoms with E-state index < -0.39 is 5.95 Å². The molecule has 0 aromatic carbocycles. The summed E-state index contributed by atoms with van der Waals surface area (Å²) < 4.78 is 12.2. The molecular weight excluding hydrogens is 129 g/mol. The molecule has 44 valence electrons. The topological polar surface area (TPSA) is 15.8 Å². The number of halogens is 2. The van der Waals surface area contributed by atoms with Crippen LogP contribution in [0.25, 0.3) is 0 Å². The summed E-state index contributed by atoms with van der Waals surface area (Å²) in [7, 11) is 0. The fourth-order valence-corrected chi connectivity index (χ4v) is 0.581. The van der Waals surface area contributed by atoms with Gasteiger partial charge in [0.2, 0.25) is 5.95 Å². The number of hydrogen-bond donors (Lipinski definition) is 1. The molecule has 1 nitrogen and oxygen atoms in total. The third-order valence-electron chi connectivity index (χ3n) is 0.954. The smallest absolute Gasteiger partial charge is 0.210 e. The molecular formula is C5H5ClFN. The van der Waals surface area contributed by atoms with Gasteiger partial charge in [0.1, 0.15) is 0 Å². The predicted octanol–water partition coefficient (Wildman–Crippen LogP) is 2.12. The summed E-state index contributed by atoms with van der Waals surface area (Å²) in [5, 5.41) is 0.185. The van der Waals surface area contributed by atoms with Crippen molar-refractivity contribution in [2.45, 2.75) is 6.92 Å². The molecule has 0 fully saturated rings. The molecule has 0 bridgehead atoms. The van der Waals surface area contributed by atoms with Crippen LogP contribution in [0, 0.1) is 12.9 Å². The minimum Gasteiger partial charge on any atom is -0.337 e. The molecule has 0 saturated carbocycles. The van der Waals surface area contributed by atoms with Crippen molar-refractivity contribution < 1.29 is 4.39 Å². The van der Waals surface area contributed by atoms with Crippen molar-refractivity contribution in [3.8, 4) is 0 Å². The average Bonchev–Trinajstić information content (AvgIpc) is 1.98. The Balaban J connectivity index is 3.19. The van der Waals surface area contributed by atoms with Crippen LogP contribution in [0.5, 0.6) is 0 Å². The van der Waals surface area contributed by atoms with Gasteiger partial charge in [0.25, 0.3) is 0 Å². The van der Waals surface area contributed by atoms with Crippen LogP contribution in [0.4, 0.5) is 4.39 Å². The van der Waals surface area contributed by atoms with Gasteiger partial charge in [0, 0.05) is 6.20 Å². The van der Waals surface area contributed by atoms with Crippen molar-refractivity contribution >= 4 is 11.6 Å². The summed E-state index contributed by atoms with van der Waals surface area (Å²) in [4.78, 5) is 2.34. The third kappa shape index (κ3) is 0.713. The van der Waals surface area contributed by atoms with E-state index >= 15 is 0 Å². The van der Waals surface area contributed by atoms with Gasteiger partial charge in [-0.2, -0.15) is 4.39 Å². The number of aromatic amines is 1. The van der Waals surface area contributed by atoms with Gasteiger partial charge in [-0.05, 0) is 12.5 Å². The van der Waals surface area contributed by atoms with E-state index in [4.69, 9.17) is 11.6 Å². The molecule has 0 spiro atoms. The summed E-state index contributed by atoms with van der Waals surface area (Å²) >= 11 is 5.39. The average molecular weight is 134 g/mol. The Morgan fingerprint density at radius 2 is 2.38 bits per heavy atom. The zero-order chi connectivity index (χ0) is 6.15. The Morgan fingerprint density at radius 3 is 2.50 bits per heavy atom. The highest BCUT2D eigenvalue weighted by atomic mass is 35.5. The van der Waals surface area contributed by atoms with E-state index in [-0.39, 0.29) is 5.02 Å². The number of aryl methyl sites for hydroxylation is 1. The monoisotopic (exact) mass is 133 g/mol. The van der Waals surface area contributed by atoms with E-state index in [2.05, 4.69) is 4.98 Å². The first-order valence-electron chi connectivity index (χ1n) is 2.21. The van der Waals surface area contributed by atoms with Crippen molar-refractivity contribution in [2.24, 2.45) is 0 Å². The minimum absolute atomic E-state index is 0.185. The molecule has 0 unspecified atom stereocenters. The van der Waals surface area contributed by atoms with E-state index in [9.17, 15) is 4.39 Å². The van der Waals surface area contributed by atoms with Crippen LogP contribution in [-0.2, 0) is 0 Å². The maximum atomic E-state index is 12.2. The largest absolute Gasteiger partial charge is 0.337 e. The van der Waals surface area contributed by atoms with Crippen molar-refractivity contribution in [1.82, 2.24) is 4.98 Å². The highest BCUT2D eigenvalue weighted by Gasteiger charge is 2.01. The van der Waals surface area contributed by atoms with Gasteiger partial charge in [-0.3, -0.25) is 0 Å². The minimum atomic E-state index is -0.454. The van der Waals surface area contributed by atoms with Gasteiger partial charge in [-0.1, -0.05) is 11.6 Å². The Labute approximate surface area is 51.5 Å². The van der Waals surface area contributed by atoms with E-state index in [1.54, 1.807) is 6.92 Å². The number of rotatable bonds is 0. The van der Waals surface area contributed by atoms with Crippen LogP contribution in [0.15, 0.2) is 6.20 Å². The van der Waals surface area contributed by atoms with Crippen LogP contribution in [-0.4, -0.2) is 4.98 Å². The zero-order valence-electron chi connectivity index (χ0n) is 4.33. The molecule has 0 aliphatic heterocycles. The number of aromatic nitrogens is 1. The zero-order valence-corrected chi connectivity index (χ0v) is 5.09. The van der Waals surface area contributed by atoms with E-state index in [0.717, 1.165) is 5.56 Å². The normalized spacial score (nSPS) is 9.88. The van der Waals surface area contributed by atoms with Crippen molar-refractivity contribution in [1.29, 1.82) is 0 Å². The van der Waals surface area contributed by atoms with Crippen molar-refractivity contribution in [3.05, 3.63) is 22.7 Å². The van der Waals surface area contributed by atoms with Crippen LogP contribution < -0.4 is 0 Å². The molecule has 8 heavy (non-hydrogen) atoms. The molecule has 0 amide bonds. The molecule has 0 saturated heterocycles. The fourth-order valence-electron chi connectivity index (χ4n) is 0.471. The lowest BCUT2D eigenvalue weighted by atomic mass is 10.4. The van der Waals surface area contributed by atoms with Crippen LogP contribution in [0.1, 0.15) is 5.56 Å². The van der Waals surface area contributed by atoms with Gasteiger partial charge in [0.15, 0.2) is 0 Å². The molecule has 0 atom stereocenters. The lowest BCUT2D eigenvalue weighted by Gasteiger charge is -1.79. The summed E-state index contributed by atoms with van der Waals surface area (Å²) in [6.07, 6.45) is 1.53. The maximum Gasteiger partial charge on any atom is 0.210 e. The molecule has 1 rings (SSSR count). The number of H-pyrrole nitrogens is 1. The highest BCUT2D eigenvalue weighted by Crippen LogP contribution is 2.16. The first kappa shape index (κ1) is 5.63. The highest BCUT2D eigenvalue weighted by molar-refractivity contribution is 6.31. The maximum absolute atomic E-state index is 12.2. The molecule has 1 heterocycles. The molecule has 3 heteroatoms. The Bertz CT molecular complexity index is 175. The SMILES string of the molecule is Cc1c[nH]c(F)c1Cl. The quantitative estimate of drug-likeness (QED) is 0.558. The second-order valence-corrected chi connectivity index (χ2v) is 1.98. The Kier molecular flexibility index (Phi) is 1.26. The van der Waals surface area contributed by atoms with Gasteiger partial charge < -0.3 is 4.98 Å². The van der Waals surface area contributed by atoms with Gasteiger partial charge in [-0.15, -0.1) is 0 Å². The first-order valence-corrected chi connectivity index (χ1v) is 2.58. The molecule has 1 N–H and O–H groups in total. The third-order valence-corrected chi connectivity index (χ3v) is 1.42. The standard InChI is InChI=1S/C5H5ClFN/c1-3-2-8-5(7)4(3)6/h2,8H,1H3. The molecule has 0 aliphatic carbocycles. The number of nitrogens with one attached hydrogen (secondary N) is 1. The van der Waals surface area contributed by atoms with Crippen LogP contribution in [0.2, 0.25) is 5.02 Å². The summed E-state index contributed by atoms with van der Waals surface area (Å²) in [6, 6.07) is 0. The molecule has 0 aliphatic rings. The van der Waals surface area contributed by atoms with E-state index in [1.165, 1.54) is 6.20 Å². The first-order chi connectivity index (χ1) is 3.72. The molecule has 0 radical (unpaired) electrons. The lowest BCUT2D eigenvalue weighted by molar-refractivity contribution is 0.592. The fraction of sp³-hybridized carbons (Fsp3) is 0.200. The van der Waals surface area contributed by atoms with Crippen LogP contribution in [0.3, 0.4) is 0 Å². The predicted molar refractivity (Wildman–Crippen MR) is 30.5 cm³/mol. The Morgan fingerprint density at radius 1 is 1.75 bits per heavy atom. The Hall–Kier alpha value is -0.500. The van der Waals surface area contributed by atoms with Crippen LogP contribution >= 0.6 is 11.6 Å².